The molecule has 534 valence electrons. The van der Waals surface area contributed by atoms with Gasteiger partial charge in [0.25, 0.3) is 0 Å². The van der Waals surface area contributed by atoms with E-state index < -0.39 is 97.5 Å². The largest absolute Gasteiger partial charge is 0.472 e. The Kier molecular flexibility index (Phi) is 64.3. The highest BCUT2D eigenvalue weighted by atomic mass is 31.2. The van der Waals surface area contributed by atoms with Crippen molar-refractivity contribution in [1.29, 1.82) is 0 Å². The minimum atomic E-state index is -4.95. The second-order valence-electron chi connectivity index (χ2n) is 25.6. The monoisotopic (exact) mass is 1320 g/mol. The number of esters is 4. The summed E-state index contributed by atoms with van der Waals surface area (Å²) in [5.74, 6) is -2.15. The molecule has 0 saturated heterocycles. The third kappa shape index (κ3) is 64.8. The van der Waals surface area contributed by atoms with Crippen molar-refractivity contribution < 1.29 is 80.2 Å². The molecule has 0 aliphatic rings. The van der Waals surface area contributed by atoms with Gasteiger partial charge in [-0.15, -0.1) is 0 Å². The van der Waals surface area contributed by atoms with E-state index in [1.165, 1.54) is 199 Å². The van der Waals surface area contributed by atoms with Gasteiger partial charge in [0.05, 0.1) is 26.4 Å². The summed E-state index contributed by atoms with van der Waals surface area (Å²) in [6.45, 7) is 4.75. The zero-order valence-electron chi connectivity index (χ0n) is 58.1. The number of ether oxygens (including phenoxy) is 4. The van der Waals surface area contributed by atoms with Crippen LogP contribution in [0.5, 0.6) is 0 Å². The average molecular weight is 1330 g/mol. The van der Waals surface area contributed by atoms with Crippen LogP contribution in [-0.4, -0.2) is 96.7 Å². The molecule has 19 heteroatoms. The summed E-state index contributed by atoms with van der Waals surface area (Å²) in [4.78, 5) is 71.9. The van der Waals surface area contributed by atoms with Gasteiger partial charge in [0, 0.05) is 25.7 Å². The number of rotatable bonds is 72. The smallest absolute Gasteiger partial charge is 0.462 e. The average Bonchev–Trinajstić information content (AvgIpc) is 3.29. The molecule has 5 atom stereocenters. The maximum absolute atomic E-state index is 13.0. The van der Waals surface area contributed by atoms with Crippen LogP contribution < -0.4 is 0 Å². The molecule has 0 heterocycles. The summed E-state index contributed by atoms with van der Waals surface area (Å²) < 4.78 is 67.8. The molecule has 0 aliphatic carbocycles. The number of aliphatic hydroxyl groups excluding tert-OH is 1. The number of phosphoric acid groups is 2. The lowest BCUT2D eigenvalue weighted by molar-refractivity contribution is -0.161. The molecule has 0 fully saturated rings. The normalized spacial score (nSPS) is 14.0. The third-order valence-corrected chi connectivity index (χ3v) is 18.5. The number of hydrogen-bond acceptors (Lipinski definition) is 15. The Morgan fingerprint density at radius 2 is 0.444 bits per heavy atom. The van der Waals surface area contributed by atoms with E-state index in [0.29, 0.717) is 25.7 Å². The van der Waals surface area contributed by atoms with Crippen LogP contribution in [-0.2, 0) is 65.4 Å². The molecule has 2 unspecified atom stereocenters. The lowest BCUT2D eigenvalue weighted by Gasteiger charge is -2.21. The van der Waals surface area contributed by atoms with Crippen molar-refractivity contribution in [3.63, 3.8) is 0 Å². The van der Waals surface area contributed by atoms with Gasteiger partial charge in [0.1, 0.15) is 19.3 Å². The second kappa shape index (κ2) is 65.7. The van der Waals surface area contributed by atoms with Crippen LogP contribution in [0.25, 0.3) is 0 Å². The molecular weight excluding hydrogens is 1190 g/mol. The van der Waals surface area contributed by atoms with Gasteiger partial charge in [-0.2, -0.15) is 0 Å². The van der Waals surface area contributed by atoms with Crippen LogP contribution in [0.15, 0.2) is 0 Å². The first-order chi connectivity index (χ1) is 43.7. The Morgan fingerprint density at radius 3 is 0.656 bits per heavy atom. The van der Waals surface area contributed by atoms with Crippen molar-refractivity contribution in [3.8, 4) is 0 Å². The summed E-state index contributed by atoms with van der Waals surface area (Å²) in [5, 5.41) is 10.5. The first-order valence-corrected chi connectivity index (χ1v) is 40.3. The lowest BCUT2D eigenvalue weighted by atomic mass is 10.0. The Balaban J connectivity index is 5.01. The van der Waals surface area contributed by atoms with Gasteiger partial charge in [-0.05, 0) is 25.7 Å². The number of unbranched alkanes of at least 4 members (excludes halogenated alkanes) is 46. The second-order valence-corrected chi connectivity index (χ2v) is 28.5. The van der Waals surface area contributed by atoms with Crippen molar-refractivity contribution in [2.75, 3.05) is 39.6 Å². The third-order valence-electron chi connectivity index (χ3n) is 16.6. The quantitative estimate of drug-likeness (QED) is 0.0222. The molecule has 3 N–H and O–H groups in total. The summed E-state index contributed by atoms with van der Waals surface area (Å²) in [6, 6.07) is 0. The fraction of sp³-hybridized carbons (Fsp3) is 0.944. The van der Waals surface area contributed by atoms with Gasteiger partial charge < -0.3 is 33.8 Å². The maximum atomic E-state index is 13.0. The van der Waals surface area contributed by atoms with Crippen LogP contribution >= 0.6 is 15.6 Å². The van der Waals surface area contributed by atoms with E-state index in [1.807, 2.05) is 0 Å². The van der Waals surface area contributed by atoms with Gasteiger partial charge in [-0.3, -0.25) is 37.3 Å². The predicted octanol–water partition coefficient (Wildman–Crippen LogP) is 20.7. The summed E-state index contributed by atoms with van der Waals surface area (Å²) in [7, 11) is -9.88. The summed E-state index contributed by atoms with van der Waals surface area (Å²) >= 11 is 0. The van der Waals surface area contributed by atoms with E-state index in [4.69, 9.17) is 37.0 Å². The SMILES string of the molecule is CCCCCCCCCCCCCCCCCCCCCCCCC(=O)O[C@H](COC(=O)CCCCCCCCCCCCCCCCCCCC)COP(=O)(O)OC[C@@H](O)COP(=O)(O)OC[C@@H](COC(=O)CCCCCCC)OC(=O)CCCCCCC. The van der Waals surface area contributed by atoms with Crippen molar-refractivity contribution in [1.82, 2.24) is 0 Å². The van der Waals surface area contributed by atoms with Crippen LogP contribution in [0.3, 0.4) is 0 Å². The standard InChI is InChI=1S/C71H138O17P2/c1-5-9-13-17-19-21-23-25-27-29-31-32-33-34-36-38-40-42-44-46-50-54-58-71(76)88-67(62-82-69(74)56-52-49-45-43-41-39-37-35-30-28-26-24-22-20-18-14-10-6-2)64-86-90(79,80)84-60-65(72)59-83-89(77,78)85-63-66(87-70(75)57-53-48-16-12-8-4)61-81-68(73)55-51-47-15-11-7-3/h65-67,72H,5-64H2,1-4H3,(H,77,78)(H,79,80)/t65-,66+,67+/m0/s1. The number of hydrogen-bond donors (Lipinski definition) is 3. The van der Waals surface area contributed by atoms with Gasteiger partial charge in [-0.1, -0.05) is 323 Å². The van der Waals surface area contributed by atoms with Gasteiger partial charge >= 0.3 is 39.5 Å². The molecule has 0 aromatic heterocycles. The Labute approximate surface area is 549 Å². The molecule has 0 rings (SSSR count). The summed E-state index contributed by atoms with van der Waals surface area (Å²) in [5.41, 5.74) is 0. The molecule has 0 bridgehead atoms. The molecule has 90 heavy (non-hydrogen) atoms. The zero-order valence-corrected chi connectivity index (χ0v) is 59.9. The maximum Gasteiger partial charge on any atom is 0.472 e. The van der Waals surface area contributed by atoms with Crippen LogP contribution in [0.1, 0.15) is 374 Å². The number of carbonyl (C=O) groups is 4. The van der Waals surface area contributed by atoms with Crippen molar-refractivity contribution in [2.45, 2.75) is 393 Å². The first kappa shape index (κ1) is 88.1. The molecule has 0 aliphatic heterocycles. The summed E-state index contributed by atoms with van der Waals surface area (Å²) in [6.07, 6.45) is 55.3. The zero-order chi connectivity index (χ0) is 66.1. The highest BCUT2D eigenvalue weighted by Gasteiger charge is 2.30. The molecule has 0 saturated carbocycles. The highest BCUT2D eigenvalue weighted by Crippen LogP contribution is 2.45. The molecule has 0 aromatic rings. The Morgan fingerprint density at radius 1 is 0.267 bits per heavy atom. The fourth-order valence-electron chi connectivity index (χ4n) is 10.9. The van der Waals surface area contributed by atoms with Crippen molar-refractivity contribution in [3.05, 3.63) is 0 Å². The number of aliphatic hydroxyl groups is 1. The number of carbonyl (C=O) groups excluding carboxylic acids is 4. The molecule has 0 aromatic carbocycles. The Bertz CT molecular complexity index is 1720. The van der Waals surface area contributed by atoms with E-state index in [-0.39, 0.29) is 25.7 Å². The van der Waals surface area contributed by atoms with Crippen molar-refractivity contribution in [2.24, 2.45) is 0 Å². The van der Waals surface area contributed by atoms with Crippen LogP contribution in [0.2, 0.25) is 0 Å². The first-order valence-electron chi connectivity index (χ1n) is 37.3. The minimum absolute atomic E-state index is 0.0993. The van der Waals surface area contributed by atoms with Crippen LogP contribution in [0, 0.1) is 0 Å². The Hall–Kier alpha value is -1.94. The molecule has 0 spiro atoms. The van der Waals surface area contributed by atoms with Crippen molar-refractivity contribution >= 4 is 39.5 Å². The van der Waals surface area contributed by atoms with Gasteiger partial charge in [-0.25, -0.2) is 9.13 Å². The topological polar surface area (TPSA) is 237 Å². The van der Waals surface area contributed by atoms with E-state index in [2.05, 4.69) is 27.7 Å². The fourth-order valence-corrected chi connectivity index (χ4v) is 12.4. The predicted molar refractivity (Wildman–Crippen MR) is 363 cm³/mol. The van der Waals surface area contributed by atoms with Crippen LogP contribution in [0.4, 0.5) is 0 Å². The molecular formula is C71H138O17P2. The van der Waals surface area contributed by atoms with Gasteiger partial charge in [0.2, 0.25) is 0 Å². The number of phosphoric ester groups is 2. The molecule has 0 amide bonds. The molecule has 0 radical (unpaired) electrons. The van der Waals surface area contributed by atoms with E-state index in [1.54, 1.807) is 0 Å². The van der Waals surface area contributed by atoms with Gasteiger partial charge in [0.15, 0.2) is 12.2 Å². The lowest BCUT2D eigenvalue weighted by Crippen LogP contribution is -2.30. The van der Waals surface area contributed by atoms with E-state index in [0.717, 1.165) is 96.3 Å². The minimum Gasteiger partial charge on any atom is -0.462 e. The van der Waals surface area contributed by atoms with E-state index >= 15 is 0 Å². The molecule has 17 nitrogen and oxygen atoms in total. The van der Waals surface area contributed by atoms with E-state index in [9.17, 15) is 43.2 Å². The highest BCUT2D eigenvalue weighted by molar-refractivity contribution is 7.47.